The fraction of sp³-hybridized carbons (Fsp3) is 0.333. The number of carboxylic acid groups (broad SMARTS) is 2. The molecule has 1 rings (SSSR count). The van der Waals surface area contributed by atoms with Crippen LogP contribution < -0.4 is 0 Å². The first-order chi connectivity index (χ1) is 8.22. The van der Waals surface area contributed by atoms with Gasteiger partial charge in [0.25, 0.3) is 0 Å². The lowest BCUT2D eigenvalue weighted by Gasteiger charge is -2.16. The topological polar surface area (TPSA) is 125 Å². The fourth-order valence-electron chi connectivity index (χ4n) is 0.785. The Labute approximate surface area is 110 Å². The number of hydrogen-bond acceptors (Lipinski definition) is 4. The van der Waals surface area contributed by atoms with Gasteiger partial charge in [0.15, 0.2) is 0 Å². The molecule has 4 N–H and O–H groups in total. The minimum absolute atomic E-state index is 0. The lowest BCUT2D eigenvalue weighted by atomic mass is 10.2. The summed E-state index contributed by atoms with van der Waals surface area (Å²) in [6.45, 7) is 5.43. The molecule has 0 aliphatic heterocycles. The van der Waals surface area contributed by atoms with Crippen molar-refractivity contribution in [2.45, 2.75) is 26.4 Å². The first-order valence-electron chi connectivity index (χ1n) is 5.09. The maximum absolute atomic E-state index is 11.3. The van der Waals surface area contributed by atoms with Crippen molar-refractivity contribution in [3.8, 4) is 0 Å². The van der Waals surface area contributed by atoms with Gasteiger partial charge in [0.1, 0.15) is 5.60 Å². The van der Waals surface area contributed by atoms with Gasteiger partial charge in [0.2, 0.25) is 0 Å². The molecule has 0 aromatic heterocycles. The molecule has 0 aliphatic rings. The zero-order valence-electron chi connectivity index (χ0n) is 10.9. The third kappa shape index (κ3) is 12.1. The van der Waals surface area contributed by atoms with E-state index < -0.39 is 17.7 Å². The average molecular weight is 274 g/mol. The molecule has 19 heavy (non-hydrogen) atoms. The summed E-state index contributed by atoms with van der Waals surface area (Å²) in [5.41, 5.74) is 0.00140. The molecule has 108 valence electrons. The van der Waals surface area contributed by atoms with Crippen LogP contribution in [-0.4, -0.2) is 33.4 Å². The number of carbonyl (C=O) groups is 2. The van der Waals surface area contributed by atoms with Crippen molar-refractivity contribution in [2.75, 3.05) is 0 Å². The van der Waals surface area contributed by atoms with Crippen LogP contribution in [0.25, 0.3) is 0 Å². The van der Waals surface area contributed by atoms with Crippen molar-refractivity contribution in [1.29, 1.82) is 0 Å². The summed E-state index contributed by atoms with van der Waals surface area (Å²) in [5, 5.41) is 13.9. The van der Waals surface area contributed by atoms with Crippen LogP contribution in [0.15, 0.2) is 30.3 Å². The molecule has 0 saturated heterocycles. The minimum atomic E-state index is -1.83. The minimum Gasteiger partial charge on any atom is -0.450 e. The van der Waals surface area contributed by atoms with Crippen molar-refractivity contribution >= 4 is 12.1 Å². The molecule has 0 saturated carbocycles. The van der Waals surface area contributed by atoms with E-state index in [4.69, 9.17) is 19.9 Å². The molecule has 0 spiro atoms. The van der Waals surface area contributed by atoms with Crippen LogP contribution in [0.4, 0.5) is 4.79 Å². The maximum Gasteiger partial charge on any atom is 0.503 e. The summed E-state index contributed by atoms with van der Waals surface area (Å²) < 4.78 is 0. The van der Waals surface area contributed by atoms with E-state index in [1.165, 1.54) is 0 Å². The zero-order valence-corrected chi connectivity index (χ0v) is 10.9. The van der Waals surface area contributed by atoms with Gasteiger partial charge < -0.3 is 15.7 Å². The summed E-state index contributed by atoms with van der Waals surface area (Å²) in [6.07, 6.45) is -1.83. The van der Waals surface area contributed by atoms with E-state index in [1.807, 2.05) is 26.8 Å². The Kier molecular flexibility index (Phi) is 9.00. The van der Waals surface area contributed by atoms with Crippen molar-refractivity contribution in [1.82, 2.24) is 0 Å². The molecule has 7 nitrogen and oxygen atoms in total. The van der Waals surface area contributed by atoms with E-state index in [9.17, 15) is 4.79 Å². The number of carbonyl (C=O) groups excluding carboxylic acids is 1. The van der Waals surface area contributed by atoms with E-state index >= 15 is 0 Å². The second kappa shape index (κ2) is 8.90. The summed E-state index contributed by atoms with van der Waals surface area (Å²) in [4.78, 5) is 29.4. The van der Waals surface area contributed by atoms with Crippen LogP contribution in [0.3, 0.4) is 0 Å². The van der Waals surface area contributed by atoms with E-state index in [1.54, 1.807) is 24.3 Å². The van der Waals surface area contributed by atoms with Gasteiger partial charge in [-0.15, -0.1) is 0 Å². The quantitative estimate of drug-likeness (QED) is 0.627. The Balaban J connectivity index is 0. The average Bonchev–Trinajstić information content (AvgIpc) is 2.25. The van der Waals surface area contributed by atoms with E-state index in [0.29, 0.717) is 5.56 Å². The van der Waals surface area contributed by atoms with Crippen molar-refractivity contribution in [3.05, 3.63) is 35.9 Å². The lowest BCUT2D eigenvalue weighted by molar-refractivity contribution is -0.301. The second-order valence-electron chi connectivity index (χ2n) is 4.22. The van der Waals surface area contributed by atoms with Crippen LogP contribution in [0.2, 0.25) is 0 Å². The van der Waals surface area contributed by atoms with Gasteiger partial charge >= 0.3 is 12.1 Å². The molecule has 0 unspecified atom stereocenters. The van der Waals surface area contributed by atoms with Crippen molar-refractivity contribution in [3.63, 3.8) is 0 Å². The zero-order chi connectivity index (χ0) is 14.2. The summed E-state index contributed by atoms with van der Waals surface area (Å²) in [5.74, 6) is -0.472. The number of benzene rings is 1. The predicted octanol–water partition coefficient (Wildman–Crippen LogP) is 1.97. The van der Waals surface area contributed by atoms with Crippen LogP contribution >= 0.6 is 0 Å². The summed E-state index contributed by atoms with van der Waals surface area (Å²) in [7, 11) is 0. The highest BCUT2D eigenvalue weighted by molar-refractivity contribution is 5.88. The largest absolute Gasteiger partial charge is 0.503 e. The van der Waals surface area contributed by atoms with Gasteiger partial charge in [-0.05, 0) is 32.9 Å². The molecule has 1 aromatic rings. The number of hydrogen-bond donors (Lipinski definition) is 2. The van der Waals surface area contributed by atoms with E-state index in [2.05, 4.69) is 4.89 Å². The monoisotopic (exact) mass is 274 g/mol. The molecule has 0 aliphatic carbocycles. The van der Waals surface area contributed by atoms with Gasteiger partial charge in [-0.3, -0.25) is 4.89 Å². The highest BCUT2D eigenvalue weighted by Gasteiger charge is 2.15. The van der Waals surface area contributed by atoms with Crippen molar-refractivity contribution < 1.29 is 35.1 Å². The third-order valence-electron chi connectivity index (χ3n) is 1.38. The highest BCUT2D eigenvalue weighted by Crippen LogP contribution is 2.09. The molecular weight excluding hydrogens is 256 g/mol. The normalized spacial score (nSPS) is 9.42. The predicted molar refractivity (Wildman–Crippen MR) is 67.0 cm³/mol. The van der Waals surface area contributed by atoms with Gasteiger partial charge in [0, 0.05) is 0 Å². The Morgan fingerprint density at radius 3 is 1.84 bits per heavy atom. The van der Waals surface area contributed by atoms with Crippen LogP contribution in [0.5, 0.6) is 0 Å². The first-order valence-corrected chi connectivity index (χ1v) is 5.09. The molecule has 0 fully saturated rings. The molecule has 0 amide bonds. The van der Waals surface area contributed by atoms with Crippen molar-refractivity contribution in [2.24, 2.45) is 0 Å². The Morgan fingerprint density at radius 2 is 1.47 bits per heavy atom. The van der Waals surface area contributed by atoms with Gasteiger partial charge in [-0.25, -0.2) is 9.59 Å². The molecule has 0 heterocycles. The fourth-order valence-corrected chi connectivity index (χ4v) is 0.785. The van der Waals surface area contributed by atoms with Gasteiger partial charge in [-0.1, -0.05) is 18.2 Å². The number of rotatable bonds is 2. The Morgan fingerprint density at radius 1 is 1.05 bits per heavy atom. The highest BCUT2D eigenvalue weighted by atomic mass is 17.2. The summed E-state index contributed by atoms with van der Waals surface area (Å²) in [6, 6.07) is 8.73. The van der Waals surface area contributed by atoms with Crippen LogP contribution in [0, 0.1) is 0 Å². The first kappa shape index (κ1) is 19.2. The SMILES string of the molecule is CC(C)(C)OOC(=O)c1ccccc1.O.O=C(O)O. The molecule has 1 aromatic carbocycles. The Hall–Kier alpha value is -2.12. The smallest absolute Gasteiger partial charge is 0.450 e. The van der Waals surface area contributed by atoms with Crippen LogP contribution in [0.1, 0.15) is 31.1 Å². The molecule has 7 heteroatoms. The van der Waals surface area contributed by atoms with Crippen LogP contribution in [-0.2, 0) is 9.78 Å². The molecule has 0 atom stereocenters. The lowest BCUT2D eigenvalue weighted by Crippen LogP contribution is -2.21. The third-order valence-corrected chi connectivity index (χ3v) is 1.38. The second-order valence-corrected chi connectivity index (χ2v) is 4.22. The van der Waals surface area contributed by atoms with E-state index in [-0.39, 0.29) is 5.48 Å². The maximum atomic E-state index is 11.3. The van der Waals surface area contributed by atoms with Gasteiger partial charge in [0.05, 0.1) is 5.56 Å². The Bertz CT molecular complexity index is 377. The van der Waals surface area contributed by atoms with Gasteiger partial charge in [-0.2, -0.15) is 4.89 Å². The summed E-state index contributed by atoms with van der Waals surface area (Å²) >= 11 is 0. The molecular formula is C12H18O7. The van der Waals surface area contributed by atoms with E-state index in [0.717, 1.165) is 0 Å². The molecule has 0 radical (unpaired) electrons. The molecule has 0 bridgehead atoms. The standard InChI is InChI=1S/C11H14O3.CH2O3.H2O/c1-11(2,3)14-13-10(12)9-7-5-4-6-8-9;2-1(3)4;/h4-8H,1-3H3;(H2,2,3,4);1H2.